The Hall–Kier alpha value is -0.910. The zero-order chi connectivity index (χ0) is 14.5. The molecule has 0 spiro atoms. The largest absolute Gasteiger partial charge is 0.355 e. The van der Waals surface area contributed by atoms with Gasteiger partial charge in [-0.05, 0) is 63.9 Å². The van der Waals surface area contributed by atoms with Crippen molar-refractivity contribution in [2.24, 2.45) is 5.92 Å². The van der Waals surface area contributed by atoms with Crippen molar-refractivity contribution in [3.63, 3.8) is 0 Å². The predicted molar refractivity (Wildman–Crippen MR) is 92.7 cm³/mol. The lowest BCUT2D eigenvalue weighted by Gasteiger charge is -2.39. The molecule has 2 fully saturated rings. The predicted octanol–water partition coefficient (Wildman–Crippen LogP) is 1.80. The Balaban J connectivity index is 0.00000176. The van der Waals surface area contributed by atoms with Gasteiger partial charge in [-0.1, -0.05) is 0 Å². The van der Waals surface area contributed by atoms with Crippen molar-refractivity contribution in [2.75, 3.05) is 44.7 Å². The summed E-state index contributed by atoms with van der Waals surface area (Å²) in [5, 5.41) is 11.7. The van der Waals surface area contributed by atoms with Gasteiger partial charge in [0.05, 0.1) is 0 Å². The average Bonchev–Trinajstić information content (AvgIpc) is 2.57. The molecule has 1 aromatic heterocycles. The van der Waals surface area contributed by atoms with Gasteiger partial charge in [-0.3, -0.25) is 0 Å². The first kappa shape index (κ1) is 17.4. The maximum absolute atomic E-state index is 4.22. The van der Waals surface area contributed by atoms with Crippen LogP contribution in [0.5, 0.6) is 0 Å². The molecule has 0 saturated carbocycles. The molecule has 22 heavy (non-hydrogen) atoms. The van der Waals surface area contributed by atoms with Gasteiger partial charge in [0.25, 0.3) is 0 Å². The van der Waals surface area contributed by atoms with Crippen molar-refractivity contribution >= 4 is 18.2 Å². The molecular weight excluding hydrogens is 298 g/mol. The number of anilines is 1. The second-order valence-corrected chi connectivity index (χ2v) is 6.43. The molecule has 2 aliphatic heterocycles. The van der Waals surface area contributed by atoms with E-state index in [4.69, 9.17) is 0 Å². The fraction of sp³-hybridized carbons (Fsp3) is 0.750. The summed E-state index contributed by atoms with van der Waals surface area (Å²) in [6.45, 7) is 5.85. The highest BCUT2D eigenvalue weighted by molar-refractivity contribution is 5.85. The number of halogens is 1. The van der Waals surface area contributed by atoms with E-state index in [9.17, 15) is 0 Å². The highest BCUT2D eigenvalue weighted by Crippen LogP contribution is 2.22. The smallest absolute Gasteiger partial charge is 0.151 e. The van der Waals surface area contributed by atoms with Gasteiger partial charge in [0.2, 0.25) is 0 Å². The maximum atomic E-state index is 4.22. The van der Waals surface area contributed by atoms with Crippen LogP contribution in [0.15, 0.2) is 18.3 Å². The summed E-state index contributed by atoms with van der Waals surface area (Å²) in [7, 11) is 2.31. The Morgan fingerprint density at radius 2 is 1.95 bits per heavy atom. The molecule has 0 bridgehead atoms. The molecule has 1 aromatic rings. The lowest BCUT2D eigenvalue weighted by Crippen LogP contribution is -2.46. The minimum atomic E-state index is 0. The van der Waals surface area contributed by atoms with Crippen LogP contribution in [0, 0.1) is 5.92 Å². The number of nitrogens with zero attached hydrogens (tertiary/aromatic N) is 4. The van der Waals surface area contributed by atoms with Gasteiger partial charge in [0.1, 0.15) is 0 Å². The van der Waals surface area contributed by atoms with Gasteiger partial charge in [0.15, 0.2) is 5.82 Å². The van der Waals surface area contributed by atoms with E-state index in [0.29, 0.717) is 0 Å². The number of rotatable bonds is 4. The van der Waals surface area contributed by atoms with E-state index < -0.39 is 0 Å². The Kier molecular flexibility index (Phi) is 6.86. The third-order valence-electron chi connectivity index (χ3n) is 4.97. The second kappa shape index (κ2) is 8.65. The van der Waals surface area contributed by atoms with Gasteiger partial charge in [-0.2, -0.15) is 5.10 Å². The topological polar surface area (TPSA) is 44.3 Å². The van der Waals surface area contributed by atoms with Crippen LogP contribution in [0.4, 0.5) is 5.82 Å². The molecule has 5 nitrogen and oxygen atoms in total. The standard InChI is InChI=1S/C16H27N5.ClH/c1-20(13-14-4-9-17-10-5-14)15-6-11-21(12-7-15)16-3-2-8-18-19-16;/h2-3,8,14-15,17H,4-7,9-13H2,1H3;1H. The Bertz CT molecular complexity index is 416. The molecule has 2 saturated heterocycles. The number of aromatic nitrogens is 2. The minimum absolute atomic E-state index is 0. The highest BCUT2D eigenvalue weighted by atomic mass is 35.5. The van der Waals surface area contributed by atoms with Gasteiger partial charge in [-0.15, -0.1) is 17.5 Å². The normalized spacial score (nSPS) is 20.9. The Labute approximate surface area is 139 Å². The van der Waals surface area contributed by atoms with E-state index in [0.717, 1.165) is 30.9 Å². The Morgan fingerprint density at radius 3 is 2.59 bits per heavy atom. The lowest BCUT2D eigenvalue weighted by molar-refractivity contribution is 0.164. The molecule has 6 heteroatoms. The van der Waals surface area contributed by atoms with Gasteiger partial charge < -0.3 is 15.1 Å². The SMILES string of the molecule is CN(CC1CCNCC1)C1CCN(c2cccnn2)CC1.Cl. The molecule has 2 aliphatic rings. The summed E-state index contributed by atoms with van der Waals surface area (Å²) < 4.78 is 0. The van der Waals surface area contributed by atoms with Crippen LogP contribution in [0.1, 0.15) is 25.7 Å². The summed E-state index contributed by atoms with van der Waals surface area (Å²) in [5.41, 5.74) is 0. The monoisotopic (exact) mass is 325 g/mol. The third-order valence-corrected chi connectivity index (χ3v) is 4.97. The molecule has 0 aliphatic carbocycles. The molecule has 0 radical (unpaired) electrons. The van der Waals surface area contributed by atoms with E-state index in [-0.39, 0.29) is 12.4 Å². The molecule has 3 rings (SSSR count). The summed E-state index contributed by atoms with van der Waals surface area (Å²) in [6, 6.07) is 4.76. The van der Waals surface area contributed by atoms with E-state index in [1.807, 2.05) is 6.07 Å². The van der Waals surface area contributed by atoms with Crippen molar-refractivity contribution < 1.29 is 0 Å². The van der Waals surface area contributed by atoms with Crippen LogP contribution in [0.3, 0.4) is 0 Å². The fourth-order valence-corrected chi connectivity index (χ4v) is 3.62. The van der Waals surface area contributed by atoms with Crippen molar-refractivity contribution in [3.8, 4) is 0 Å². The highest BCUT2D eigenvalue weighted by Gasteiger charge is 2.25. The number of hydrogen-bond acceptors (Lipinski definition) is 5. The molecule has 0 unspecified atom stereocenters. The average molecular weight is 326 g/mol. The molecular formula is C16H28ClN5. The molecule has 0 atom stereocenters. The van der Waals surface area contributed by atoms with Crippen molar-refractivity contribution in [3.05, 3.63) is 18.3 Å². The van der Waals surface area contributed by atoms with Crippen molar-refractivity contribution in [1.82, 2.24) is 20.4 Å². The van der Waals surface area contributed by atoms with Gasteiger partial charge >= 0.3 is 0 Å². The summed E-state index contributed by atoms with van der Waals surface area (Å²) in [4.78, 5) is 4.96. The molecule has 3 heterocycles. The van der Waals surface area contributed by atoms with Crippen LogP contribution in [0.25, 0.3) is 0 Å². The second-order valence-electron chi connectivity index (χ2n) is 6.43. The number of piperidine rings is 2. The van der Waals surface area contributed by atoms with E-state index in [1.54, 1.807) is 6.20 Å². The van der Waals surface area contributed by atoms with E-state index in [1.165, 1.54) is 45.3 Å². The van der Waals surface area contributed by atoms with Crippen LogP contribution >= 0.6 is 12.4 Å². The summed E-state index contributed by atoms with van der Waals surface area (Å²) in [5.74, 6) is 1.91. The minimum Gasteiger partial charge on any atom is -0.355 e. The first-order chi connectivity index (χ1) is 10.3. The fourth-order valence-electron chi connectivity index (χ4n) is 3.62. The molecule has 0 aromatic carbocycles. The van der Waals surface area contributed by atoms with E-state index >= 15 is 0 Å². The van der Waals surface area contributed by atoms with E-state index in [2.05, 4.69) is 38.4 Å². The zero-order valence-corrected chi connectivity index (χ0v) is 14.3. The molecule has 124 valence electrons. The molecule has 1 N–H and O–H groups in total. The maximum Gasteiger partial charge on any atom is 0.151 e. The summed E-state index contributed by atoms with van der Waals surface area (Å²) in [6.07, 6.45) is 6.88. The quantitative estimate of drug-likeness (QED) is 0.914. The zero-order valence-electron chi connectivity index (χ0n) is 13.4. The third kappa shape index (κ3) is 4.54. The van der Waals surface area contributed by atoms with Crippen LogP contribution < -0.4 is 10.2 Å². The number of hydrogen-bond donors (Lipinski definition) is 1. The Morgan fingerprint density at radius 1 is 1.23 bits per heavy atom. The van der Waals surface area contributed by atoms with Crippen LogP contribution in [-0.2, 0) is 0 Å². The van der Waals surface area contributed by atoms with Crippen molar-refractivity contribution in [2.45, 2.75) is 31.7 Å². The first-order valence-corrected chi connectivity index (χ1v) is 8.26. The lowest BCUT2D eigenvalue weighted by atomic mass is 9.95. The summed E-state index contributed by atoms with van der Waals surface area (Å²) >= 11 is 0. The van der Waals surface area contributed by atoms with Gasteiger partial charge in [0, 0.05) is 31.9 Å². The van der Waals surface area contributed by atoms with Crippen molar-refractivity contribution in [1.29, 1.82) is 0 Å². The number of nitrogens with one attached hydrogen (secondary N) is 1. The molecule has 0 amide bonds. The van der Waals surface area contributed by atoms with Crippen LogP contribution in [-0.4, -0.2) is 60.9 Å². The van der Waals surface area contributed by atoms with Crippen LogP contribution in [0.2, 0.25) is 0 Å². The first-order valence-electron chi connectivity index (χ1n) is 8.26. The van der Waals surface area contributed by atoms with Gasteiger partial charge in [-0.25, -0.2) is 0 Å².